The second-order valence-electron chi connectivity index (χ2n) is 6.98. The number of nitrogens with one attached hydrogen (secondary N) is 3. The number of anilines is 1. The molecule has 2 aromatic carbocycles. The molecule has 3 N–H and O–H groups in total. The first-order chi connectivity index (χ1) is 14.8. The maximum absolute atomic E-state index is 12.4. The number of amides is 3. The molecular formula is C22H22ClN3O4S. The van der Waals surface area contributed by atoms with Crippen LogP contribution in [0.2, 0.25) is 5.02 Å². The molecular weight excluding hydrogens is 438 g/mol. The van der Waals surface area contributed by atoms with Crippen molar-refractivity contribution >= 4 is 56.4 Å². The number of hydrazine groups is 1. The van der Waals surface area contributed by atoms with Gasteiger partial charge in [0.2, 0.25) is 11.8 Å². The maximum atomic E-state index is 12.4. The van der Waals surface area contributed by atoms with Crippen LogP contribution in [0.5, 0.6) is 5.75 Å². The molecule has 0 aliphatic carbocycles. The van der Waals surface area contributed by atoms with Gasteiger partial charge < -0.3 is 10.1 Å². The molecule has 0 saturated carbocycles. The minimum atomic E-state index is -0.529. The summed E-state index contributed by atoms with van der Waals surface area (Å²) in [7, 11) is 1.56. The fourth-order valence-corrected chi connectivity index (χ4v) is 4.32. The summed E-state index contributed by atoms with van der Waals surface area (Å²) < 4.78 is 5.98. The van der Waals surface area contributed by atoms with E-state index in [1.165, 1.54) is 11.3 Å². The Balaban J connectivity index is 1.52. The van der Waals surface area contributed by atoms with E-state index in [-0.39, 0.29) is 23.6 Å². The number of thiophene rings is 1. The van der Waals surface area contributed by atoms with Crippen LogP contribution < -0.4 is 20.9 Å². The van der Waals surface area contributed by atoms with E-state index in [9.17, 15) is 14.4 Å². The Morgan fingerprint density at radius 3 is 2.48 bits per heavy atom. The second-order valence-corrected chi connectivity index (χ2v) is 8.41. The highest BCUT2D eigenvalue weighted by atomic mass is 35.5. The number of hydrogen-bond donors (Lipinski definition) is 3. The number of carbonyl (C=O) groups excluding carboxylic acids is 3. The summed E-state index contributed by atoms with van der Waals surface area (Å²) in [5.74, 6) is -0.636. The van der Waals surface area contributed by atoms with Gasteiger partial charge in [0.15, 0.2) is 0 Å². The number of carbonyl (C=O) groups is 3. The number of fused-ring (bicyclic) bond motifs is 1. The van der Waals surface area contributed by atoms with Gasteiger partial charge in [0.1, 0.15) is 10.6 Å². The lowest BCUT2D eigenvalue weighted by Crippen LogP contribution is -2.41. The summed E-state index contributed by atoms with van der Waals surface area (Å²) in [4.78, 5) is 36.9. The Kier molecular flexibility index (Phi) is 7.14. The zero-order chi connectivity index (χ0) is 22.5. The third kappa shape index (κ3) is 5.53. The summed E-state index contributed by atoms with van der Waals surface area (Å²) in [6.07, 6.45) is -0.0904. The third-order valence-corrected chi connectivity index (χ3v) is 6.26. The van der Waals surface area contributed by atoms with Crippen LogP contribution >= 0.6 is 22.9 Å². The van der Waals surface area contributed by atoms with Crippen molar-refractivity contribution in [2.45, 2.75) is 26.7 Å². The Hall–Kier alpha value is -3.10. The van der Waals surface area contributed by atoms with Crippen molar-refractivity contribution < 1.29 is 19.1 Å². The highest BCUT2D eigenvalue weighted by Crippen LogP contribution is 2.37. The first-order valence-corrected chi connectivity index (χ1v) is 10.7. The number of aryl methyl sites for hydroxylation is 2. The Bertz CT molecular complexity index is 1160. The quantitative estimate of drug-likeness (QED) is 0.477. The summed E-state index contributed by atoms with van der Waals surface area (Å²) in [5.41, 5.74) is 7.35. The molecule has 0 bridgehead atoms. The molecule has 0 spiro atoms. The molecule has 9 heteroatoms. The molecule has 3 aromatic rings. The monoisotopic (exact) mass is 459 g/mol. The molecule has 162 valence electrons. The third-order valence-electron chi connectivity index (χ3n) is 4.60. The van der Waals surface area contributed by atoms with Gasteiger partial charge >= 0.3 is 0 Å². The van der Waals surface area contributed by atoms with Crippen molar-refractivity contribution in [3.8, 4) is 5.75 Å². The van der Waals surface area contributed by atoms with E-state index in [4.69, 9.17) is 16.3 Å². The average Bonchev–Trinajstić information content (AvgIpc) is 3.09. The molecule has 31 heavy (non-hydrogen) atoms. The van der Waals surface area contributed by atoms with Crippen LogP contribution in [0.25, 0.3) is 10.1 Å². The van der Waals surface area contributed by atoms with Gasteiger partial charge in [-0.3, -0.25) is 25.2 Å². The van der Waals surface area contributed by atoms with Gasteiger partial charge in [0.25, 0.3) is 5.91 Å². The van der Waals surface area contributed by atoms with Crippen molar-refractivity contribution in [2.75, 3.05) is 12.4 Å². The normalized spacial score (nSPS) is 10.6. The first kappa shape index (κ1) is 22.6. The number of ether oxygens (including phenoxy) is 1. The first-order valence-electron chi connectivity index (χ1n) is 9.51. The molecule has 1 heterocycles. The SMILES string of the molecule is COc1ccc2c(Cl)c(C(=O)NNC(=O)CCC(=O)Nc3cc(C)ccc3C)sc2c1. The lowest BCUT2D eigenvalue weighted by molar-refractivity contribution is -0.124. The van der Waals surface area contributed by atoms with Gasteiger partial charge in [-0.15, -0.1) is 11.3 Å². The van der Waals surface area contributed by atoms with Crippen LogP contribution in [0, 0.1) is 13.8 Å². The van der Waals surface area contributed by atoms with Crippen molar-refractivity contribution in [2.24, 2.45) is 0 Å². The van der Waals surface area contributed by atoms with Crippen molar-refractivity contribution in [1.82, 2.24) is 10.9 Å². The van der Waals surface area contributed by atoms with E-state index < -0.39 is 11.8 Å². The standard InChI is InChI=1S/C22H22ClN3O4S/c1-12-4-5-13(2)16(10-12)24-18(27)8-9-19(28)25-26-22(29)21-20(23)15-7-6-14(30-3)11-17(15)31-21/h4-7,10-11H,8-9H2,1-3H3,(H,24,27)(H,25,28)(H,26,29). The van der Waals surface area contributed by atoms with Crippen molar-refractivity contribution in [3.63, 3.8) is 0 Å². The van der Waals surface area contributed by atoms with Gasteiger partial charge in [0.05, 0.1) is 12.1 Å². The van der Waals surface area contributed by atoms with E-state index in [2.05, 4.69) is 16.2 Å². The number of halogens is 1. The van der Waals surface area contributed by atoms with Crippen LogP contribution in [0.15, 0.2) is 36.4 Å². The highest BCUT2D eigenvalue weighted by molar-refractivity contribution is 7.21. The van der Waals surface area contributed by atoms with Gasteiger partial charge in [0, 0.05) is 28.6 Å². The largest absolute Gasteiger partial charge is 0.497 e. The van der Waals surface area contributed by atoms with Gasteiger partial charge in [-0.2, -0.15) is 0 Å². The van der Waals surface area contributed by atoms with E-state index in [0.29, 0.717) is 10.8 Å². The minimum Gasteiger partial charge on any atom is -0.497 e. The number of benzene rings is 2. The van der Waals surface area contributed by atoms with Crippen LogP contribution in [-0.4, -0.2) is 24.8 Å². The lowest BCUT2D eigenvalue weighted by Gasteiger charge is -2.10. The number of hydrogen-bond acceptors (Lipinski definition) is 5. The Morgan fingerprint density at radius 1 is 1.00 bits per heavy atom. The Labute approximate surface area is 188 Å². The Morgan fingerprint density at radius 2 is 1.74 bits per heavy atom. The topological polar surface area (TPSA) is 96.5 Å². The van der Waals surface area contributed by atoms with Gasteiger partial charge in [-0.05, 0) is 49.2 Å². The summed E-state index contributed by atoms with van der Waals surface area (Å²) in [6, 6.07) is 11.1. The molecule has 1 aromatic heterocycles. The molecule has 0 radical (unpaired) electrons. The van der Waals surface area contributed by atoms with E-state index in [1.54, 1.807) is 25.3 Å². The van der Waals surface area contributed by atoms with Crippen molar-refractivity contribution in [3.05, 3.63) is 57.4 Å². The lowest BCUT2D eigenvalue weighted by atomic mass is 10.1. The van der Waals surface area contributed by atoms with Gasteiger partial charge in [-0.1, -0.05) is 23.7 Å². The number of methoxy groups -OCH3 is 1. The molecule has 0 atom stereocenters. The molecule has 0 fully saturated rings. The molecule has 0 aliphatic rings. The molecule has 0 aliphatic heterocycles. The number of rotatable bonds is 6. The second kappa shape index (κ2) is 9.80. The fourth-order valence-electron chi connectivity index (χ4n) is 2.87. The fraction of sp³-hybridized carbons (Fsp3) is 0.227. The predicted molar refractivity (Wildman–Crippen MR) is 123 cm³/mol. The summed E-state index contributed by atoms with van der Waals surface area (Å²) in [5, 5.41) is 3.83. The molecule has 3 rings (SSSR count). The van der Waals surface area contributed by atoms with E-state index in [1.807, 2.05) is 32.0 Å². The van der Waals surface area contributed by atoms with E-state index >= 15 is 0 Å². The predicted octanol–water partition coefficient (Wildman–Crippen LogP) is 4.36. The highest BCUT2D eigenvalue weighted by Gasteiger charge is 2.18. The molecule has 3 amide bonds. The smallest absolute Gasteiger partial charge is 0.281 e. The summed E-state index contributed by atoms with van der Waals surface area (Å²) >= 11 is 7.51. The zero-order valence-corrected chi connectivity index (χ0v) is 18.9. The minimum absolute atomic E-state index is 0.0154. The average molecular weight is 460 g/mol. The zero-order valence-electron chi connectivity index (χ0n) is 17.3. The summed E-state index contributed by atoms with van der Waals surface area (Å²) in [6.45, 7) is 3.83. The van der Waals surface area contributed by atoms with Gasteiger partial charge in [-0.25, -0.2) is 0 Å². The maximum Gasteiger partial charge on any atom is 0.281 e. The van der Waals surface area contributed by atoms with Crippen LogP contribution in [0.3, 0.4) is 0 Å². The molecule has 0 unspecified atom stereocenters. The van der Waals surface area contributed by atoms with Crippen LogP contribution in [-0.2, 0) is 9.59 Å². The van der Waals surface area contributed by atoms with Crippen LogP contribution in [0.1, 0.15) is 33.6 Å². The van der Waals surface area contributed by atoms with Crippen molar-refractivity contribution in [1.29, 1.82) is 0 Å². The molecule has 7 nitrogen and oxygen atoms in total. The van der Waals surface area contributed by atoms with Crippen LogP contribution in [0.4, 0.5) is 5.69 Å². The molecule has 0 saturated heterocycles. The van der Waals surface area contributed by atoms with E-state index in [0.717, 1.165) is 26.9 Å².